The van der Waals surface area contributed by atoms with Crippen LogP contribution in [0.25, 0.3) is 0 Å². The fourth-order valence-corrected chi connectivity index (χ4v) is 4.26. The molecule has 0 radical (unpaired) electrons. The van der Waals surface area contributed by atoms with Crippen molar-refractivity contribution in [2.75, 3.05) is 6.61 Å². The molecule has 0 aliphatic rings. The molecule has 2 aromatic rings. The third kappa shape index (κ3) is 3.91. The highest BCUT2D eigenvalue weighted by Gasteiger charge is 2.26. The van der Waals surface area contributed by atoms with Crippen LogP contribution in [0.1, 0.15) is 32.7 Å². The molecule has 1 aromatic carbocycles. The van der Waals surface area contributed by atoms with Crippen LogP contribution < -0.4 is 0 Å². The van der Waals surface area contributed by atoms with Gasteiger partial charge in [-0.2, -0.15) is 0 Å². The number of rotatable bonds is 4. The van der Waals surface area contributed by atoms with Crippen LogP contribution in [0.3, 0.4) is 0 Å². The number of hydrogen-bond donors (Lipinski definition) is 0. The number of ether oxygens (including phenoxy) is 1. The van der Waals surface area contributed by atoms with Gasteiger partial charge in [0.15, 0.2) is 3.92 Å². The molecule has 1 heterocycles. The Morgan fingerprint density at radius 1 is 1.48 bits per heavy atom. The normalized spacial score (nSPS) is 12.2. The Bertz CT molecular complexity index is 677. The maximum atomic E-state index is 14.1. The summed E-state index contributed by atoms with van der Waals surface area (Å²) in [6.07, 6.45) is 0. The quantitative estimate of drug-likeness (QED) is 0.412. The molecular weight excluding hydrogens is 493 g/mol. The SMILES string of the molecule is CCOC(=O)c1sc(Br)nc1C(Br)c1ccc(Br)cc1F. The first-order chi connectivity index (χ1) is 9.93. The number of halogens is 4. The number of hydrogen-bond acceptors (Lipinski definition) is 4. The van der Waals surface area contributed by atoms with E-state index in [4.69, 9.17) is 4.74 Å². The van der Waals surface area contributed by atoms with Crippen LogP contribution in [0.5, 0.6) is 0 Å². The lowest BCUT2D eigenvalue weighted by atomic mass is 10.1. The molecule has 1 aromatic heterocycles. The van der Waals surface area contributed by atoms with E-state index < -0.39 is 10.8 Å². The molecule has 0 saturated carbocycles. The van der Waals surface area contributed by atoms with Gasteiger partial charge < -0.3 is 4.74 Å². The summed E-state index contributed by atoms with van der Waals surface area (Å²) in [6, 6.07) is 4.74. The summed E-state index contributed by atoms with van der Waals surface area (Å²) in [7, 11) is 0. The molecule has 0 saturated heterocycles. The molecule has 1 atom stereocenters. The number of nitrogens with zero attached hydrogens (tertiary/aromatic N) is 1. The van der Waals surface area contributed by atoms with Gasteiger partial charge in [0.25, 0.3) is 0 Å². The Morgan fingerprint density at radius 3 is 2.81 bits per heavy atom. The minimum atomic E-state index is -0.535. The van der Waals surface area contributed by atoms with Gasteiger partial charge in [-0.25, -0.2) is 14.2 Å². The fourth-order valence-electron chi connectivity index (χ4n) is 1.67. The van der Waals surface area contributed by atoms with Crippen LogP contribution in [-0.4, -0.2) is 17.6 Å². The van der Waals surface area contributed by atoms with Gasteiger partial charge >= 0.3 is 5.97 Å². The molecule has 0 bridgehead atoms. The van der Waals surface area contributed by atoms with Crippen LogP contribution in [0.4, 0.5) is 4.39 Å². The van der Waals surface area contributed by atoms with Crippen LogP contribution in [0.2, 0.25) is 0 Å². The molecule has 0 amide bonds. The molecule has 0 aliphatic carbocycles. The second-order valence-electron chi connectivity index (χ2n) is 3.93. The molecule has 0 N–H and O–H groups in total. The highest BCUT2D eigenvalue weighted by molar-refractivity contribution is 9.11. The zero-order valence-corrected chi connectivity index (χ0v) is 16.3. The summed E-state index contributed by atoms with van der Waals surface area (Å²) in [4.78, 5) is 16.0. The van der Waals surface area contributed by atoms with E-state index in [1.54, 1.807) is 19.1 Å². The second kappa shape index (κ2) is 7.30. The van der Waals surface area contributed by atoms with Crippen LogP contribution in [0.15, 0.2) is 26.6 Å². The molecule has 3 nitrogen and oxygen atoms in total. The van der Waals surface area contributed by atoms with E-state index in [0.717, 1.165) is 11.3 Å². The summed E-state index contributed by atoms with van der Waals surface area (Å²) < 4.78 is 20.3. The predicted octanol–water partition coefficient (Wildman–Crippen LogP) is 5.47. The van der Waals surface area contributed by atoms with Crippen molar-refractivity contribution >= 4 is 65.1 Å². The van der Waals surface area contributed by atoms with Crippen LogP contribution in [-0.2, 0) is 4.74 Å². The number of alkyl halides is 1. The molecule has 1 unspecified atom stereocenters. The van der Waals surface area contributed by atoms with Gasteiger partial charge in [-0.05, 0) is 35.0 Å². The van der Waals surface area contributed by atoms with Crippen molar-refractivity contribution in [2.24, 2.45) is 0 Å². The third-order valence-corrected chi connectivity index (χ3v) is 5.49. The number of benzene rings is 1. The molecule has 0 fully saturated rings. The summed E-state index contributed by atoms with van der Waals surface area (Å²) in [6.45, 7) is 2.00. The second-order valence-corrected chi connectivity index (χ2v) is 8.04. The Hall–Kier alpha value is -0.310. The van der Waals surface area contributed by atoms with Crippen LogP contribution >= 0.6 is 59.1 Å². The topological polar surface area (TPSA) is 39.2 Å². The van der Waals surface area contributed by atoms with E-state index in [1.165, 1.54) is 6.07 Å². The molecule has 8 heteroatoms. The zero-order valence-electron chi connectivity index (χ0n) is 10.7. The third-order valence-electron chi connectivity index (χ3n) is 2.56. The highest BCUT2D eigenvalue weighted by atomic mass is 79.9. The fraction of sp³-hybridized carbons (Fsp3) is 0.231. The smallest absolute Gasteiger partial charge is 0.350 e. The number of carbonyl (C=O) groups is 1. The Kier molecular flexibility index (Phi) is 5.93. The monoisotopic (exact) mass is 499 g/mol. The van der Waals surface area contributed by atoms with Gasteiger partial charge in [0.05, 0.1) is 17.1 Å². The minimum absolute atomic E-state index is 0.271. The van der Waals surface area contributed by atoms with E-state index in [1.807, 2.05) is 0 Å². The Balaban J connectivity index is 2.43. The maximum Gasteiger partial charge on any atom is 0.350 e. The number of carbonyl (C=O) groups excluding carboxylic acids is 1. The van der Waals surface area contributed by atoms with Crippen molar-refractivity contribution in [2.45, 2.75) is 11.8 Å². The largest absolute Gasteiger partial charge is 0.462 e. The molecule has 21 heavy (non-hydrogen) atoms. The lowest BCUT2D eigenvalue weighted by Crippen LogP contribution is -2.08. The minimum Gasteiger partial charge on any atom is -0.462 e. The van der Waals surface area contributed by atoms with E-state index in [9.17, 15) is 9.18 Å². The lowest BCUT2D eigenvalue weighted by Gasteiger charge is -2.11. The lowest BCUT2D eigenvalue weighted by molar-refractivity contribution is 0.0530. The van der Waals surface area contributed by atoms with Gasteiger partial charge in [0.2, 0.25) is 0 Å². The van der Waals surface area contributed by atoms with Crippen molar-refractivity contribution < 1.29 is 13.9 Å². The Labute approximate surface area is 150 Å². The van der Waals surface area contributed by atoms with Crippen molar-refractivity contribution in [1.82, 2.24) is 4.98 Å². The molecule has 0 spiro atoms. The van der Waals surface area contributed by atoms with E-state index >= 15 is 0 Å². The van der Waals surface area contributed by atoms with Gasteiger partial charge in [-0.3, -0.25) is 0 Å². The van der Waals surface area contributed by atoms with Crippen molar-refractivity contribution in [3.63, 3.8) is 0 Å². The first-order valence-corrected chi connectivity index (χ1v) is 9.18. The first kappa shape index (κ1) is 17.1. The summed E-state index contributed by atoms with van der Waals surface area (Å²) >= 11 is 11.0. The molecular formula is C13H9Br3FNO2S. The average molecular weight is 502 g/mol. The predicted molar refractivity (Wildman–Crippen MR) is 90.6 cm³/mol. The summed E-state index contributed by atoms with van der Waals surface area (Å²) in [5.74, 6) is -0.845. The van der Waals surface area contributed by atoms with Gasteiger partial charge in [0.1, 0.15) is 10.7 Å². The molecule has 112 valence electrons. The number of esters is 1. The van der Waals surface area contributed by atoms with Gasteiger partial charge in [0, 0.05) is 10.0 Å². The summed E-state index contributed by atoms with van der Waals surface area (Å²) in [5, 5.41) is 0. The van der Waals surface area contributed by atoms with E-state index in [2.05, 4.69) is 52.8 Å². The molecule has 0 aliphatic heterocycles. The molecule has 2 rings (SSSR count). The Morgan fingerprint density at radius 2 is 2.19 bits per heavy atom. The number of aromatic nitrogens is 1. The zero-order chi connectivity index (χ0) is 15.6. The van der Waals surface area contributed by atoms with E-state index in [0.29, 0.717) is 24.5 Å². The van der Waals surface area contributed by atoms with Crippen molar-refractivity contribution in [3.8, 4) is 0 Å². The van der Waals surface area contributed by atoms with E-state index in [-0.39, 0.29) is 12.4 Å². The number of thiazole rings is 1. The summed E-state index contributed by atoms with van der Waals surface area (Å²) in [5.41, 5.74) is 0.841. The van der Waals surface area contributed by atoms with Crippen molar-refractivity contribution in [3.05, 3.63) is 48.5 Å². The first-order valence-electron chi connectivity index (χ1n) is 5.86. The average Bonchev–Trinajstić information content (AvgIpc) is 2.80. The van der Waals surface area contributed by atoms with Crippen molar-refractivity contribution in [1.29, 1.82) is 0 Å². The highest BCUT2D eigenvalue weighted by Crippen LogP contribution is 2.38. The van der Waals surface area contributed by atoms with Crippen LogP contribution in [0, 0.1) is 5.82 Å². The standard InChI is InChI=1S/C13H9Br3FNO2S/c1-2-20-12(19)11-10(18-13(16)21-11)9(15)7-4-3-6(14)5-8(7)17/h3-5,9H,2H2,1H3. The van der Waals surface area contributed by atoms with Gasteiger partial charge in [-0.15, -0.1) is 0 Å². The van der Waals surface area contributed by atoms with Gasteiger partial charge in [-0.1, -0.05) is 49.3 Å². The maximum absolute atomic E-state index is 14.1.